The zero-order valence-electron chi connectivity index (χ0n) is 19.5. The number of fused-ring (bicyclic) bond motifs is 2. The van der Waals surface area contributed by atoms with Crippen LogP contribution in [0.3, 0.4) is 0 Å². The number of benzene rings is 3. The summed E-state index contributed by atoms with van der Waals surface area (Å²) in [7, 11) is 0. The van der Waals surface area contributed by atoms with Crippen molar-refractivity contribution in [3.05, 3.63) is 94.5 Å². The summed E-state index contributed by atoms with van der Waals surface area (Å²) in [5.41, 5.74) is 5.89. The molecule has 0 unspecified atom stereocenters. The zero-order chi connectivity index (χ0) is 24.0. The van der Waals surface area contributed by atoms with Gasteiger partial charge >= 0.3 is 0 Å². The SMILES string of the molecule is Cc1ccc(N[C@@H]2C[C@H](C)N(C(=O)CN3C(=O)c4ccccc4C3=O)c3ccc(C)cc32)cc1. The van der Waals surface area contributed by atoms with E-state index >= 15 is 0 Å². The molecule has 3 amide bonds. The number of amides is 3. The van der Waals surface area contributed by atoms with Crippen molar-refractivity contribution in [2.45, 2.75) is 39.3 Å². The number of nitrogens with zero attached hydrogens (tertiary/aromatic N) is 2. The van der Waals surface area contributed by atoms with Gasteiger partial charge in [0.05, 0.1) is 17.2 Å². The number of hydrogen-bond donors (Lipinski definition) is 1. The van der Waals surface area contributed by atoms with Crippen LogP contribution in [-0.4, -0.2) is 35.2 Å². The van der Waals surface area contributed by atoms with Crippen molar-refractivity contribution in [1.82, 2.24) is 4.90 Å². The summed E-state index contributed by atoms with van der Waals surface area (Å²) in [5.74, 6) is -1.09. The van der Waals surface area contributed by atoms with Crippen LogP contribution in [0.4, 0.5) is 11.4 Å². The van der Waals surface area contributed by atoms with E-state index in [1.54, 1.807) is 29.2 Å². The topological polar surface area (TPSA) is 69.7 Å². The third-order valence-electron chi connectivity index (χ3n) is 6.67. The summed E-state index contributed by atoms with van der Waals surface area (Å²) >= 11 is 0. The van der Waals surface area contributed by atoms with E-state index in [4.69, 9.17) is 0 Å². The Morgan fingerprint density at radius 1 is 0.912 bits per heavy atom. The first-order valence-electron chi connectivity index (χ1n) is 11.5. The van der Waals surface area contributed by atoms with Gasteiger partial charge < -0.3 is 10.2 Å². The zero-order valence-corrected chi connectivity index (χ0v) is 19.5. The van der Waals surface area contributed by atoms with E-state index in [1.165, 1.54) is 5.56 Å². The first-order valence-corrected chi connectivity index (χ1v) is 11.5. The van der Waals surface area contributed by atoms with Gasteiger partial charge in [-0.2, -0.15) is 0 Å². The third kappa shape index (κ3) is 3.75. The summed E-state index contributed by atoms with van der Waals surface area (Å²) in [5, 5.41) is 3.62. The minimum Gasteiger partial charge on any atom is -0.378 e. The summed E-state index contributed by atoms with van der Waals surface area (Å²) in [6.45, 7) is 5.82. The van der Waals surface area contributed by atoms with Gasteiger partial charge in [-0.1, -0.05) is 47.5 Å². The van der Waals surface area contributed by atoms with E-state index in [0.29, 0.717) is 17.5 Å². The van der Waals surface area contributed by atoms with Crippen LogP contribution in [0.15, 0.2) is 66.7 Å². The fourth-order valence-electron chi connectivity index (χ4n) is 4.95. The van der Waals surface area contributed by atoms with E-state index in [-0.39, 0.29) is 24.5 Å². The largest absolute Gasteiger partial charge is 0.378 e. The molecular weight excluding hydrogens is 426 g/mol. The highest BCUT2D eigenvalue weighted by atomic mass is 16.2. The lowest BCUT2D eigenvalue weighted by Gasteiger charge is -2.40. The summed E-state index contributed by atoms with van der Waals surface area (Å²) in [6.07, 6.45) is 0.707. The maximum Gasteiger partial charge on any atom is 0.262 e. The second-order valence-electron chi connectivity index (χ2n) is 9.22. The first kappa shape index (κ1) is 21.9. The normalized spacial score (nSPS) is 19.1. The van der Waals surface area contributed by atoms with Gasteiger partial charge in [-0.05, 0) is 63.1 Å². The quantitative estimate of drug-likeness (QED) is 0.572. The molecule has 5 rings (SSSR count). The van der Waals surface area contributed by atoms with Gasteiger partial charge in [0.25, 0.3) is 11.8 Å². The van der Waals surface area contributed by atoms with Crippen molar-refractivity contribution >= 4 is 29.1 Å². The highest BCUT2D eigenvalue weighted by Gasteiger charge is 2.40. The number of imide groups is 1. The van der Waals surface area contributed by atoms with Crippen molar-refractivity contribution in [2.24, 2.45) is 0 Å². The number of nitrogens with one attached hydrogen (secondary N) is 1. The van der Waals surface area contributed by atoms with Crippen LogP contribution in [0.5, 0.6) is 0 Å². The monoisotopic (exact) mass is 453 g/mol. The molecule has 2 atom stereocenters. The van der Waals surface area contributed by atoms with Crippen molar-refractivity contribution < 1.29 is 14.4 Å². The second-order valence-corrected chi connectivity index (χ2v) is 9.22. The van der Waals surface area contributed by atoms with Crippen LogP contribution in [0.2, 0.25) is 0 Å². The second kappa shape index (κ2) is 8.45. The van der Waals surface area contributed by atoms with Crippen LogP contribution >= 0.6 is 0 Å². The van der Waals surface area contributed by atoms with Gasteiger partial charge in [0, 0.05) is 17.4 Å². The van der Waals surface area contributed by atoms with E-state index in [2.05, 4.69) is 42.6 Å². The number of rotatable bonds is 4. The van der Waals surface area contributed by atoms with E-state index in [9.17, 15) is 14.4 Å². The molecule has 3 aromatic carbocycles. The van der Waals surface area contributed by atoms with Crippen LogP contribution in [0.1, 0.15) is 56.8 Å². The molecule has 3 aromatic rings. The highest BCUT2D eigenvalue weighted by molar-refractivity contribution is 6.22. The lowest BCUT2D eigenvalue weighted by molar-refractivity contribution is -0.119. The Balaban J connectivity index is 1.43. The van der Waals surface area contributed by atoms with Crippen LogP contribution in [-0.2, 0) is 4.79 Å². The Labute approximate surface area is 199 Å². The maximum absolute atomic E-state index is 13.5. The Morgan fingerprint density at radius 2 is 1.53 bits per heavy atom. The molecule has 0 radical (unpaired) electrons. The molecule has 0 bridgehead atoms. The number of carbonyl (C=O) groups excluding carboxylic acids is 3. The minimum atomic E-state index is -0.415. The number of hydrogen-bond acceptors (Lipinski definition) is 4. The molecule has 0 spiro atoms. The predicted octanol–water partition coefficient (Wildman–Crippen LogP) is 4.88. The third-order valence-corrected chi connectivity index (χ3v) is 6.67. The summed E-state index contributed by atoms with van der Waals surface area (Å²) in [6, 6.07) is 21.0. The van der Waals surface area contributed by atoms with Gasteiger partial charge in [-0.25, -0.2) is 0 Å². The lowest BCUT2D eigenvalue weighted by atomic mass is 9.90. The number of anilines is 2. The molecule has 6 heteroatoms. The highest BCUT2D eigenvalue weighted by Crippen LogP contribution is 2.40. The molecule has 34 heavy (non-hydrogen) atoms. The molecule has 2 aliphatic rings. The van der Waals surface area contributed by atoms with Gasteiger partial charge in [0.1, 0.15) is 6.54 Å². The van der Waals surface area contributed by atoms with Crippen LogP contribution < -0.4 is 10.2 Å². The summed E-state index contributed by atoms with van der Waals surface area (Å²) in [4.78, 5) is 41.9. The number of carbonyl (C=O) groups is 3. The van der Waals surface area contributed by atoms with Crippen molar-refractivity contribution in [3.63, 3.8) is 0 Å². The average molecular weight is 454 g/mol. The van der Waals surface area contributed by atoms with E-state index in [1.807, 2.05) is 26.0 Å². The Morgan fingerprint density at radius 3 is 2.18 bits per heavy atom. The van der Waals surface area contributed by atoms with Crippen molar-refractivity contribution in [3.8, 4) is 0 Å². The number of aryl methyl sites for hydroxylation is 2. The van der Waals surface area contributed by atoms with Crippen LogP contribution in [0.25, 0.3) is 0 Å². The molecule has 0 aromatic heterocycles. The van der Waals surface area contributed by atoms with E-state index < -0.39 is 11.8 Å². The first-order chi connectivity index (χ1) is 16.3. The fraction of sp³-hybridized carbons (Fsp3) is 0.250. The molecule has 172 valence electrons. The molecular formula is C28H27N3O3. The molecule has 2 heterocycles. The predicted molar refractivity (Wildman–Crippen MR) is 132 cm³/mol. The minimum absolute atomic E-state index is 0.0379. The van der Waals surface area contributed by atoms with Gasteiger partial charge in [-0.3, -0.25) is 19.3 Å². The maximum atomic E-state index is 13.5. The van der Waals surface area contributed by atoms with Crippen molar-refractivity contribution in [2.75, 3.05) is 16.8 Å². The van der Waals surface area contributed by atoms with Crippen molar-refractivity contribution in [1.29, 1.82) is 0 Å². The molecule has 0 saturated carbocycles. The van der Waals surface area contributed by atoms with Crippen LogP contribution in [0, 0.1) is 13.8 Å². The lowest BCUT2D eigenvalue weighted by Crippen LogP contribution is -2.49. The average Bonchev–Trinajstić information content (AvgIpc) is 3.06. The van der Waals surface area contributed by atoms with E-state index in [0.717, 1.165) is 27.4 Å². The molecule has 0 aliphatic carbocycles. The molecule has 1 N–H and O–H groups in total. The Kier molecular flexibility index (Phi) is 5.44. The molecule has 2 aliphatic heterocycles. The summed E-state index contributed by atoms with van der Waals surface area (Å²) < 4.78 is 0. The standard InChI is InChI=1S/C28H27N3O3/c1-17-8-11-20(12-9-17)29-24-15-19(3)31(25-13-10-18(2)14-23(24)25)26(32)16-30-27(33)21-6-4-5-7-22(21)28(30)34/h4-14,19,24,29H,15-16H2,1-3H3/t19-,24+/m0/s1. The smallest absolute Gasteiger partial charge is 0.262 e. The molecule has 0 saturated heterocycles. The van der Waals surface area contributed by atoms with Gasteiger partial charge in [0.15, 0.2) is 0 Å². The Hall–Kier alpha value is -3.93. The van der Waals surface area contributed by atoms with Gasteiger partial charge in [0.2, 0.25) is 5.91 Å². The molecule has 6 nitrogen and oxygen atoms in total. The fourth-order valence-corrected chi connectivity index (χ4v) is 4.95. The Bertz CT molecular complexity index is 1260. The molecule has 0 fully saturated rings. The van der Waals surface area contributed by atoms with Gasteiger partial charge in [-0.15, -0.1) is 0 Å².